The molecule has 0 aliphatic heterocycles. The molecule has 4 rings (SSSR count). The standard InChI is InChI=1S/C17H23BrF4O2/c18-17(21,22)16(19,20)3-1-2-4-24-14(23)15-8-11-5-12(9-15)7-13(6-11)10-15/h11-13H,1-10H2. The van der Waals surface area contributed by atoms with E-state index in [2.05, 4.69) is 0 Å². The molecule has 4 saturated carbocycles. The van der Waals surface area contributed by atoms with Crippen LogP contribution in [0.15, 0.2) is 0 Å². The lowest BCUT2D eigenvalue weighted by Gasteiger charge is -2.55. The van der Waals surface area contributed by atoms with Gasteiger partial charge in [0.05, 0.1) is 12.0 Å². The van der Waals surface area contributed by atoms with Gasteiger partial charge in [-0.3, -0.25) is 4.79 Å². The zero-order valence-electron chi connectivity index (χ0n) is 13.5. The van der Waals surface area contributed by atoms with E-state index in [1.807, 2.05) is 0 Å². The average Bonchev–Trinajstić information content (AvgIpc) is 2.43. The normalized spacial score (nSPS) is 35.3. The van der Waals surface area contributed by atoms with Crippen molar-refractivity contribution in [2.45, 2.75) is 68.5 Å². The quantitative estimate of drug-likeness (QED) is 0.236. The van der Waals surface area contributed by atoms with Gasteiger partial charge in [-0.05, 0) is 85.1 Å². The van der Waals surface area contributed by atoms with E-state index in [9.17, 15) is 22.4 Å². The van der Waals surface area contributed by atoms with Crippen LogP contribution in [0.5, 0.6) is 0 Å². The Morgan fingerprint density at radius 3 is 1.96 bits per heavy atom. The summed E-state index contributed by atoms with van der Waals surface area (Å²) in [6.45, 7) is 0.0323. The minimum absolute atomic E-state index is 0.0323. The second kappa shape index (κ2) is 6.44. The van der Waals surface area contributed by atoms with Crippen molar-refractivity contribution >= 4 is 21.9 Å². The second-order valence-electron chi connectivity index (χ2n) is 7.99. The molecule has 0 aromatic heterocycles. The highest BCUT2D eigenvalue weighted by molar-refractivity contribution is 9.10. The molecule has 7 heteroatoms. The van der Waals surface area contributed by atoms with E-state index in [4.69, 9.17) is 4.74 Å². The van der Waals surface area contributed by atoms with Gasteiger partial charge < -0.3 is 4.74 Å². The van der Waals surface area contributed by atoms with Crippen molar-refractivity contribution in [3.63, 3.8) is 0 Å². The Balaban J connectivity index is 1.42. The second-order valence-corrected chi connectivity index (χ2v) is 8.99. The van der Waals surface area contributed by atoms with Crippen molar-refractivity contribution in [2.75, 3.05) is 6.61 Å². The topological polar surface area (TPSA) is 26.3 Å². The maximum Gasteiger partial charge on any atom is 0.363 e. The van der Waals surface area contributed by atoms with Crippen LogP contribution >= 0.6 is 15.9 Å². The van der Waals surface area contributed by atoms with Gasteiger partial charge in [0, 0.05) is 6.42 Å². The van der Waals surface area contributed by atoms with E-state index in [1.165, 1.54) is 19.3 Å². The summed E-state index contributed by atoms with van der Waals surface area (Å²) in [6, 6.07) is 0. The van der Waals surface area contributed by atoms with Crippen LogP contribution in [-0.4, -0.2) is 23.3 Å². The van der Waals surface area contributed by atoms with Gasteiger partial charge in [0.15, 0.2) is 0 Å². The maximum absolute atomic E-state index is 13.1. The van der Waals surface area contributed by atoms with Crippen molar-refractivity contribution in [3.05, 3.63) is 0 Å². The number of rotatable bonds is 7. The molecule has 0 unspecified atom stereocenters. The SMILES string of the molecule is O=C(OCCCCC(F)(F)C(F)(F)Br)C12CC3CC(CC(C3)C1)C2. The molecule has 0 spiro atoms. The van der Waals surface area contributed by atoms with Crippen LogP contribution in [0.1, 0.15) is 57.8 Å². The van der Waals surface area contributed by atoms with Crippen LogP contribution in [0.25, 0.3) is 0 Å². The first-order valence-corrected chi connectivity index (χ1v) is 9.52. The summed E-state index contributed by atoms with van der Waals surface area (Å²) in [5, 5.41) is 0. The lowest BCUT2D eigenvalue weighted by Crippen LogP contribution is -2.50. The summed E-state index contributed by atoms with van der Waals surface area (Å²) in [5.41, 5.74) is -0.360. The van der Waals surface area contributed by atoms with Crippen molar-refractivity contribution in [3.8, 4) is 0 Å². The van der Waals surface area contributed by atoms with E-state index in [0.29, 0.717) is 17.8 Å². The fourth-order valence-corrected chi connectivity index (χ4v) is 5.47. The van der Waals surface area contributed by atoms with Crippen LogP contribution in [0, 0.1) is 23.2 Å². The molecule has 0 atom stereocenters. The minimum Gasteiger partial charge on any atom is -0.465 e. The highest BCUT2D eigenvalue weighted by atomic mass is 79.9. The van der Waals surface area contributed by atoms with E-state index in [0.717, 1.165) is 19.3 Å². The molecule has 4 bridgehead atoms. The summed E-state index contributed by atoms with van der Waals surface area (Å²) in [4.78, 5) is 8.32. The minimum atomic E-state index is -4.20. The van der Waals surface area contributed by atoms with Gasteiger partial charge in [-0.15, -0.1) is 0 Å². The summed E-state index contributed by atoms with van der Waals surface area (Å²) < 4.78 is 56.9. The zero-order chi connectivity index (χ0) is 17.6. The Labute approximate surface area is 147 Å². The van der Waals surface area contributed by atoms with Crippen LogP contribution < -0.4 is 0 Å². The summed E-state index contributed by atoms with van der Waals surface area (Å²) in [7, 11) is 0. The molecular weight excluding hydrogens is 392 g/mol. The van der Waals surface area contributed by atoms with Crippen LogP contribution in [0.4, 0.5) is 17.6 Å². The van der Waals surface area contributed by atoms with Gasteiger partial charge in [-0.25, -0.2) is 0 Å². The first-order chi connectivity index (χ1) is 11.1. The van der Waals surface area contributed by atoms with E-state index in [-0.39, 0.29) is 30.8 Å². The molecule has 4 aliphatic rings. The van der Waals surface area contributed by atoms with E-state index in [1.54, 1.807) is 15.9 Å². The van der Waals surface area contributed by atoms with Crippen molar-refractivity contribution in [2.24, 2.45) is 23.2 Å². The molecule has 138 valence electrons. The smallest absolute Gasteiger partial charge is 0.363 e. The molecular formula is C17H23BrF4O2. The molecule has 0 saturated heterocycles. The Bertz CT molecular complexity index is 454. The molecule has 0 heterocycles. The molecule has 0 radical (unpaired) electrons. The van der Waals surface area contributed by atoms with Crippen LogP contribution in [0.2, 0.25) is 0 Å². The van der Waals surface area contributed by atoms with Gasteiger partial charge >= 0.3 is 16.7 Å². The highest BCUT2D eigenvalue weighted by Crippen LogP contribution is 2.60. The third kappa shape index (κ3) is 3.61. The van der Waals surface area contributed by atoms with E-state index >= 15 is 0 Å². The number of ether oxygens (including phenoxy) is 1. The lowest BCUT2D eigenvalue weighted by atomic mass is 9.49. The zero-order valence-corrected chi connectivity index (χ0v) is 15.1. The molecule has 4 fully saturated rings. The van der Waals surface area contributed by atoms with Crippen molar-refractivity contribution in [1.82, 2.24) is 0 Å². The van der Waals surface area contributed by atoms with Gasteiger partial charge in [-0.1, -0.05) is 0 Å². The lowest BCUT2D eigenvalue weighted by molar-refractivity contribution is -0.172. The Morgan fingerprint density at radius 2 is 1.50 bits per heavy atom. The number of hydrogen-bond donors (Lipinski definition) is 0. The average molecular weight is 415 g/mol. The highest BCUT2D eigenvalue weighted by Gasteiger charge is 2.55. The van der Waals surface area contributed by atoms with Crippen molar-refractivity contribution < 1.29 is 27.1 Å². The van der Waals surface area contributed by atoms with Gasteiger partial charge in [0.25, 0.3) is 0 Å². The van der Waals surface area contributed by atoms with Gasteiger partial charge in [0.2, 0.25) is 0 Å². The third-order valence-corrected chi connectivity index (χ3v) is 6.58. The molecule has 24 heavy (non-hydrogen) atoms. The molecule has 2 nitrogen and oxygen atoms in total. The molecule has 4 aliphatic carbocycles. The Morgan fingerprint density at radius 1 is 1.00 bits per heavy atom. The van der Waals surface area contributed by atoms with Crippen molar-refractivity contribution in [1.29, 1.82) is 0 Å². The fraction of sp³-hybridized carbons (Fsp3) is 0.941. The van der Waals surface area contributed by atoms with Gasteiger partial charge in [0.1, 0.15) is 0 Å². The monoisotopic (exact) mass is 414 g/mol. The maximum atomic E-state index is 13.1. The first kappa shape index (κ1) is 18.5. The third-order valence-electron chi connectivity index (χ3n) is 6.00. The number of esters is 1. The number of carbonyl (C=O) groups excluding carboxylic acids is 1. The number of carbonyl (C=O) groups is 1. The molecule has 0 N–H and O–H groups in total. The predicted molar refractivity (Wildman–Crippen MR) is 84.2 cm³/mol. The summed E-state index contributed by atoms with van der Waals surface area (Å²) in [6.07, 6.45) is 5.50. The molecule has 0 aromatic rings. The number of alkyl halides is 5. The molecule has 0 amide bonds. The summed E-state index contributed by atoms with van der Waals surface area (Å²) >= 11 is 1.71. The Hall–Kier alpha value is -0.330. The number of hydrogen-bond acceptors (Lipinski definition) is 2. The Kier molecular flexibility index (Phi) is 4.95. The van der Waals surface area contributed by atoms with Crippen LogP contribution in [-0.2, 0) is 9.53 Å². The van der Waals surface area contributed by atoms with E-state index < -0.39 is 17.2 Å². The number of unbranched alkanes of at least 4 members (excludes halogenated alkanes) is 1. The predicted octanol–water partition coefficient (Wildman–Crippen LogP) is 5.54. The number of halogens is 5. The van der Waals surface area contributed by atoms with Crippen LogP contribution in [0.3, 0.4) is 0 Å². The van der Waals surface area contributed by atoms with Gasteiger partial charge in [-0.2, -0.15) is 17.6 Å². The fourth-order valence-electron chi connectivity index (χ4n) is 5.27. The largest absolute Gasteiger partial charge is 0.465 e. The first-order valence-electron chi connectivity index (χ1n) is 8.73. The molecule has 0 aromatic carbocycles. The summed E-state index contributed by atoms with van der Waals surface area (Å²) in [5.74, 6) is -2.40.